The van der Waals surface area contributed by atoms with Gasteiger partial charge in [0.25, 0.3) is 0 Å². The fourth-order valence-corrected chi connectivity index (χ4v) is 4.82. The van der Waals surface area contributed by atoms with Crippen LogP contribution in [0.25, 0.3) is 0 Å². The molecule has 180 valence electrons. The van der Waals surface area contributed by atoms with Gasteiger partial charge in [0.1, 0.15) is 10.7 Å². The highest BCUT2D eigenvalue weighted by Gasteiger charge is 2.24. The monoisotopic (exact) mass is 508 g/mol. The molecule has 0 amide bonds. The first-order valence-corrected chi connectivity index (χ1v) is 11.9. The van der Waals surface area contributed by atoms with Crippen LogP contribution >= 0.6 is 24.0 Å². The van der Waals surface area contributed by atoms with Gasteiger partial charge in [0, 0.05) is 32.6 Å². The summed E-state index contributed by atoms with van der Waals surface area (Å²) in [5.74, 6) is -0.428. The minimum atomic E-state index is -3.66. The number of rotatable bonds is 10. The standard InChI is InChI=1S/C21H30ClFN4O3S.ClH/c1-5-6-19-17(21(14(2)28)27(25-19)13-16(23)9-10-24)11-15-7-8-20(18(22)12-15)31(29,30)26(3)4;/h7-9,12,14,28H,5-6,10-11,13,24H2,1-4H3;1H/b16-9-;. The van der Waals surface area contributed by atoms with E-state index in [1.807, 2.05) is 6.92 Å². The molecular formula is C21H31Cl2FN4O3S. The normalized spacial score (nSPS) is 13.3. The van der Waals surface area contributed by atoms with E-state index in [4.69, 9.17) is 17.3 Å². The van der Waals surface area contributed by atoms with Crippen LogP contribution in [0.4, 0.5) is 4.39 Å². The van der Waals surface area contributed by atoms with Gasteiger partial charge in [-0.15, -0.1) is 12.4 Å². The van der Waals surface area contributed by atoms with Crippen molar-refractivity contribution >= 4 is 34.0 Å². The molecule has 11 heteroatoms. The largest absolute Gasteiger partial charge is 0.387 e. The van der Waals surface area contributed by atoms with Crippen molar-refractivity contribution < 1.29 is 17.9 Å². The second kappa shape index (κ2) is 12.1. The van der Waals surface area contributed by atoms with E-state index in [2.05, 4.69) is 5.10 Å². The summed E-state index contributed by atoms with van der Waals surface area (Å²) >= 11 is 6.29. The summed E-state index contributed by atoms with van der Waals surface area (Å²) in [7, 11) is -0.778. The Morgan fingerprint density at radius 2 is 2.06 bits per heavy atom. The number of benzene rings is 1. The maximum Gasteiger partial charge on any atom is 0.244 e. The Bertz CT molecular complexity index is 1050. The van der Waals surface area contributed by atoms with Gasteiger partial charge in [-0.25, -0.2) is 17.1 Å². The summed E-state index contributed by atoms with van der Waals surface area (Å²) in [6.07, 6.45) is 2.26. The maximum atomic E-state index is 14.1. The first-order valence-electron chi connectivity index (χ1n) is 10.0. The molecule has 0 fully saturated rings. The van der Waals surface area contributed by atoms with Gasteiger partial charge in [0.15, 0.2) is 0 Å². The average Bonchev–Trinajstić information content (AvgIpc) is 2.98. The van der Waals surface area contributed by atoms with Crippen molar-refractivity contribution in [2.45, 2.75) is 50.7 Å². The summed E-state index contributed by atoms with van der Waals surface area (Å²) < 4.78 is 41.5. The third-order valence-corrected chi connectivity index (χ3v) is 7.13. The summed E-state index contributed by atoms with van der Waals surface area (Å²) in [5.41, 5.74) is 8.22. The number of sulfonamides is 1. The number of nitrogens with two attached hydrogens (primary N) is 1. The first-order chi connectivity index (χ1) is 14.5. The van der Waals surface area contributed by atoms with E-state index in [0.29, 0.717) is 18.5 Å². The number of aromatic nitrogens is 2. The fraction of sp³-hybridized carbons (Fsp3) is 0.476. The molecule has 0 aliphatic heterocycles. The molecule has 0 saturated carbocycles. The van der Waals surface area contributed by atoms with Crippen LogP contribution in [0.3, 0.4) is 0 Å². The van der Waals surface area contributed by atoms with Gasteiger partial charge in [-0.05, 0) is 37.1 Å². The van der Waals surface area contributed by atoms with Gasteiger partial charge in [0.2, 0.25) is 10.0 Å². The summed E-state index contributed by atoms with van der Waals surface area (Å²) in [6.45, 7) is 3.58. The van der Waals surface area contributed by atoms with Crippen LogP contribution in [0, 0.1) is 0 Å². The van der Waals surface area contributed by atoms with Crippen LogP contribution in [0.1, 0.15) is 48.9 Å². The van der Waals surface area contributed by atoms with E-state index in [1.54, 1.807) is 19.1 Å². The van der Waals surface area contributed by atoms with Gasteiger partial charge in [0.05, 0.1) is 29.1 Å². The number of halogens is 3. The molecule has 1 heterocycles. The molecule has 0 saturated heterocycles. The van der Waals surface area contributed by atoms with Gasteiger partial charge in [-0.3, -0.25) is 4.68 Å². The zero-order valence-corrected chi connectivity index (χ0v) is 21.1. The van der Waals surface area contributed by atoms with Crippen LogP contribution in [0.5, 0.6) is 0 Å². The molecule has 3 N–H and O–H groups in total. The summed E-state index contributed by atoms with van der Waals surface area (Å²) in [5, 5.41) is 15.1. The molecule has 0 aliphatic carbocycles. The zero-order valence-electron chi connectivity index (χ0n) is 18.7. The molecular weight excluding hydrogens is 478 g/mol. The van der Waals surface area contributed by atoms with E-state index < -0.39 is 22.0 Å². The molecule has 32 heavy (non-hydrogen) atoms. The summed E-state index contributed by atoms with van der Waals surface area (Å²) in [4.78, 5) is 0.0251. The van der Waals surface area contributed by atoms with Crippen molar-refractivity contribution in [3.63, 3.8) is 0 Å². The lowest BCUT2D eigenvalue weighted by atomic mass is 9.99. The van der Waals surface area contributed by atoms with Crippen LogP contribution in [-0.4, -0.2) is 48.3 Å². The smallest absolute Gasteiger partial charge is 0.244 e. The lowest BCUT2D eigenvalue weighted by Gasteiger charge is -2.15. The molecule has 1 atom stereocenters. The van der Waals surface area contributed by atoms with Crippen LogP contribution in [-0.2, 0) is 29.4 Å². The highest BCUT2D eigenvalue weighted by Crippen LogP contribution is 2.29. The lowest BCUT2D eigenvalue weighted by Crippen LogP contribution is -2.22. The zero-order chi connectivity index (χ0) is 23.3. The SMILES string of the molecule is CCCc1nn(C/C(F)=C/CN)c(C(C)O)c1Cc1ccc(S(=O)(=O)N(C)C)c(Cl)c1.Cl. The van der Waals surface area contributed by atoms with Gasteiger partial charge in [-0.2, -0.15) is 5.10 Å². The number of nitrogens with zero attached hydrogens (tertiary/aromatic N) is 3. The Balaban J connectivity index is 0.00000512. The molecule has 0 spiro atoms. The number of aryl methyl sites for hydroxylation is 1. The van der Waals surface area contributed by atoms with Crippen molar-refractivity contribution in [2.24, 2.45) is 5.73 Å². The molecule has 2 aromatic rings. The Hall–Kier alpha value is -1.49. The molecule has 1 unspecified atom stereocenters. The first kappa shape index (κ1) is 28.5. The lowest BCUT2D eigenvalue weighted by molar-refractivity contribution is 0.186. The van der Waals surface area contributed by atoms with E-state index in [1.165, 1.54) is 30.9 Å². The average molecular weight is 509 g/mol. The minimum absolute atomic E-state index is 0. The fourth-order valence-electron chi connectivity index (χ4n) is 3.38. The minimum Gasteiger partial charge on any atom is -0.387 e. The molecule has 1 aromatic heterocycles. The van der Waals surface area contributed by atoms with E-state index >= 15 is 0 Å². The quantitative estimate of drug-likeness (QED) is 0.510. The highest BCUT2D eigenvalue weighted by atomic mass is 35.5. The molecule has 0 radical (unpaired) electrons. The van der Waals surface area contributed by atoms with Gasteiger partial charge < -0.3 is 10.8 Å². The van der Waals surface area contributed by atoms with Crippen LogP contribution < -0.4 is 5.73 Å². The molecule has 2 rings (SSSR count). The third-order valence-electron chi connectivity index (χ3n) is 4.84. The topological polar surface area (TPSA) is 101 Å². The number of hydrogen-bond acceptors (Lipinski definition) is 5. The highest BCUT2D eigenvalue weighted by molar-refractivity contribution is 7.89. The van der Waals surface area contributed by atoms with Crippen molar-refractivity contribution in [1.29, 1.82) is 0 Å². The van der Waals surface area contributed by atoms with E-state index in [0.717, 1.165) is 27.5 Å². The van der Waals surface area contributed by atoms with Crippen molar-refractivity contribution in [3.8, 4) is 0 Å². The Kier molecular flexibility index (Phi) is 10.8. The number of aliphatic hydroxyl groups excluding tert-OH is 1. The number of hydrogen-bond donors (Lipinski definition) is 2. The summed E-state index contributed by atoms with van der Waals surface area (Å²) in [6, 6.07) is 4.77. The van der Waals surface area contributed by atoms with Crippen LogP contribution in [0.2, 0.25) is 5.02 Å². The molecule has 1 aromatic carbocycles. The predicted molar refractivity (Wildman–Crippen MR) is 127 cm³/mol. The van der Waals surface area contributed by atoms with Crippen molar-refractivity contribution in [1.82, 2.24) is 14.1 Å². The predicted octanol–water partition coefficient (Wildman–Crippen LogP) is 3.62. The number of allylic oxidation sites excluding steroid dienone is 1. The second-order valence-corrected chi connectivity index (χ2v) is 10.0. The van der Waals surface area contributed by atoms with E-state index in [-0.39, 0.29) is 35.4 Å². The van der Waals surface area contributed by atoms with E-state index in [9.17, 15) is 17.9 Å². The van der Waals surface area contributed by atoms with Crippen LogP contribution in [0.15, 0.2) is 35.0 Å². The maximum absolute atomic E-state index is 14.1. The second-order valence-electron chi connectivity index (χ2n) is 7.51. The van der Waals surface area contributed by atoms with Gasteiger partial charge in [-0.1, -0.05) is 31.0 Å². The Labute approximate surface area is 200 Å². The number of aliphatic hydroxyl groups is 1. The van der Waals surface area contributed by atoms with Gasteiger partial charge >= 0.3 is 0 Å². The molecule has 0 aliphatic rings. The Morgan fingerprint density at radius 1 is 1.41 bits per heavy atom. The Morgan fingerprint density at radius 3 is 2.56 bits per heavy atom. The molecule has 7 nitrogen and oxygen atoms in total. The molecule has 0 bridgehead atoms. The van der Waals surface area contributed by atoms with Crippen molar-refractivity contribution in [2.75, 3.05) is 20.6 Å². The van der Waals surface area contributed by atoms with Crippen molar-refractivity contribution in [3.05, 3.63) is 57.6 Å². The third kappa shape index (κ3) is 6.52.